The molecule has 0 saturated carbocycles. The van der Waals surface area contributed by atoms with Crippen LogP contribution in [-0.2, 0) is 19.4 Å². The van der Waals surface area contributed by atoms with Gasteiger partial charge in [-0.1, -0.05) is 59.4 Å². The molecule has 0 aliphatic heterocycles. The van der Waals surface area contributed by atoms with E-state index in [1.165, 1.54) is 11.1 Å². The van der Waals surface area contributed by atoms with E-state index in [4.69, 9.17) is 4.74 Å². The van der Waals surface area contributed by atoms with Gasteiger partial charge in [0.15, 0.2) is 5.82 Å². The van der Waals surface area contributed by atoms with Gasteiger partial charge in [0.05, 0.1) is 0 Å². The van der Waals surface area contributed by atoms with Crippen molar-refractivity contribution in [3.8, 4) is 5.75 Å². The summed E-state index contributed by atoms with van der Waals surface area (Å²) in [6.45, 7) is 2.46. The Labute approximate surface area is 149 Å². The van der Waals surface area contributed by atoms with Gasteiger partial charge in [0.2, 0.25) is 4.96 Å². The van der Waals surface area contributed by atoms with Gasteiger partial charge in [0.25, 0.3) is 0 Å². The van der Waals surface area contributed by atoms with Gasteiger partial charge in [-0.2, -0.15) is 9.61 Å². The first-order chi connectivity index (χ1) is 12.3. The minimum atomic E-state index is 0.353. The topological polar surface area (TPSA) is 52.3 Å². The molecule has 0 amide bonds. The van der Waals surface area contributed by atoms with Crippen molar-refractivity contribution in [2.24, 2.45) is 0 Å². The van der Waals surface area contributed by atoms with Gasteiger partial charge in [-0.15, -0.1) is 10.2 Å². The van der Waals surface area contributed by atoms with Crippen LogP contribution < -0.4 is 4.74 Å². The Morgan fingerprint density at radius 2 is 1.76 bits per heavy atom. The number of fused-ring (bicyclic) bond motifs is 1. The minimum absolute atomic E-state index is 0.353. The largest absolute Gasteiger partial charge is 0.486 e. The highest BCUT2D eigenvalue weighted by atomic mass is 32.1. The van der Waals surface area contributed by atoms with Gasteiger partial charge in [-0.05, 0) is 31.0 Å². The van der Waals surface area contributed by atoms with Gasteiger partial charge >= 0.3 is 0 Å². The number of ether oxygens (including phenoxy) is 1. The standard InChI is InChI=1S/C19H18N4OS/c1-14-7-9-15(10-8-14)11-12-18-22-23-17(20-21-19(23)25-18)13-24-16-5-3-2-4-6-16/h2-10H,11-13H2,1H3. The predicted molar refractivity (Wildman–Crippen MR) is 98.0 cm³/mol. The monoisotopic (exact) mass is 350 g/mol. The number of aryl methyl sites for hydroxylation is 3. The highest BCUT2D eigenvalue weighted by molar-refractivity contribution is 7.16. The zero-order valence-electron chi connectivity index (χ0n) is 13.9. The molecular weight excluding hydrogens is 332 g/mol. The van der Waals surface area contributed by atoms with Crippen LogP contribution in [0.5, 0.6) is 5.75 Å². The van der Waals surface area contributed by atoms with E-state index >= 15 is 0 Å². The molecule has 0 saturated heterocycles. The number of rotatable bonds is 6. The lowest BCUT2D eigenvalue weighted by molar-refractivity contribution is 0.292. The second-order valence-corrected chi connectivity index (χ2v) is 6.93. The number of nitrogens with zero attached hydrogens (tertiary/aromatic N) is 4. The van der Waals surface area contributed by atoms with E-state index in [0.29, 0.717) is 6.61 Å². The summed E-state index contributed by atoms with van der Waals surface area (Å²) >= 11 is 1.58. The summed E-state index contributed by atoms with van der Waals surface area (Å²) in [6.07, 6.45) is 1.87. The third kappa shape index (κ3) is 3.69. The van der Waals surface area contributed by atoms with Crippen molar-refractivity contribution >= 4 is 16.3 Å². The van der Waals surface area contributed by atoms with Gasteiger partial charge in [0, 0.05) is 6.42 Å². The molecule has 0 aliphatic carbocycles. The molecule has 0 aliphatic rings. The van der Waals surface area contributed by atoms with Gasteiger partial charge in [-0.25, -0.2) is 0 Å². The molecule has 0 atom stereocenters. The molecule has 4 rings (SSSR count). The zero-order valence-corrected chi connectivity index (χ0v) is 14.7. The Hall–Kier alpha value is -2.73. The van der Waals surface area contributed by atoms with Crippen LogP contribution in [0.2, 0.25) is 0 Å². The molecule has 0 bridgehead atoms. The Morgan fingerprint density at radius 3 is 2.56 bits per heavy atom. The second-order valence-electron chi connectivity index (χ2n) is 5.89. The van der Waals surface area contributed by atoms with E-state index < -0.39 is 0 Å². The Kier molecular flexibility index (Phi) is 4.43. The van der Waals surface area contributed by atoms with Crippen LogP contribution in [0.25, 0.3) is 4.96 Å². The van der Waals surface area contributed by atoms with Crippen LogP contribution in [0.4, 0.5) is 0 Å². The molecule has 0 unspecified atom stereocenters. The van der Waals surface area contributed by atoms with Crippen molar-refractivity contribution in [1.29, 1.82) is 0 Å². The maximum atomic E-state index is 5.75. The molecule has 126 valence electrons. The number of aromatic nitrogens is 4. The number of benzene rings is 2. The molecule has 0 radical (unpaired) electrons. The van der Waals surface area contributed by atoms with Gasteiger partial charge in [0.1, 0.15) is 17.4 Å². The number of hydrogen-bond acceptors (Lipinski definition) is 5. The summed E-state index contributed by atoms with van der Waals surface area (Å²) in [6, 6.07) is 18.3. The van der Waals surface area contributed by atoms with Gasteiger partial charge in [-0.3, -0.25) is 0 Å². The van der Waals surface area contributed by atoms with Crippen molar-refractivity contribution < 1.29 is 4.74 Å². The molecule has 0 spiro atoms. The van der Waals surface area contributed by atoms with Gasteiger partial charge < -0.3 is 4.74 Å². The molecule has 5 nitrogen and oxygen atoms in total. The summed E-state index contributed by atoms with van der Waals surface area (Å²) in [5.74, 6) is 1.53. The molecule has 2 aromatic heterocycles. The van der Waals surface area contributed by atoms with Crippen LogP contribution >= 0.6 is 11.3 Å². The first-order valence-electron chi connectivity index (χ1n) is 8.21. The van der Waals surface area contributed by atoms with Crippen molar-refractivity contribution in [3.63, 3.8) is 0 Å². The van der Waals surface area contributed by atoms with Crippen LogP contribution in [0.15, 0.2) is 54.6 Å². The summed E-state index contributed by atoms with van der Waals surface area (Å²) < 4.78 is 7.54. The summed E-state index contributed by atoms with van der Waals surface area (Å²) in [4.78, 5) is 0.811. The summed E-state index contributed by atoms with van der Waals surface area (Å²) in [7, 11) is 0. The first-order valence-corrected chi connectivity index (χ1v) is 9.03. The Morgan fingerprint density at radius 1 is 0.960 bits per heavy atom. The molecule has 4 aromatic rings. The molecule has 6 heteroatoms. The maximum absolute atomic E-state index is 5.75. The Balaban J connectivity index is 1.43. The average Bonchev–Trinajstić information content (AvgIpc) is 3.21. The minimum Gasteiger partial charge on any atom is -0.486 e. The van der Waals surface area contributed by atoms with Crippen LogP contribution in [0, 0.1) is 6.92 Å². The number of hydrogen-bond donors (Lipinski definition) is 0. The summed E-state index contributed by atoms with van der Waals surface area (Å²) in [5, 5.41) is 14.1. The highest BCUT2D eigenvalue weighted by Gasteiger charge is 2.12. The molecule has 25 heavy (non-hydrogen) atoms. The molecular formula is C19H18N4OS. The second kappa shape index (κ2) is 7.03. The van der Waals surface area contributed by atoms with Crippen LogP contribution in [0.1, 0.15) is 22.0 Å². The Bertz CT molecular complexity index is 960. The first kappa shape index (κ1) is 15.8. The van der Waals surface area contributed by atoms with Crippen molar-refractivity contribution in [3.05, 3.63) is 76.6 Å². The number of para-hydroxylation sites is 1. The van der Waals surface area contributed by atoms with E-state index in [1.807, 2.05) is 30.3 Å². The van der Waals surface area contributed by atoms with E-state index in [9.17, 15) is 0 Å². The predicted octanol–water partition coefficient (Wildman–Crippen LogP) is 3.86. The lowest BCUT2D eigenvalue weighted by Gasteiger charge is -2.03. The molecule has 0 N–H and O–H groups in total. The van der Waals surface area contributed by atoms with Crippen molar-refractivity contribution in [2.75, 3.05) is 0 Å². The van der Waals surface area contributed by atoms with E-state index in [1.54, 1.807) is 15.9 Å². The normalized spacial score (nSPS) is 11.1. The smallest absolute Gasteiger partial charge is 0.234 e. The van der Waals surface area contributed by atoms with E-state index in [2.05, 4.69) is 46.5 Å². The van der Waals surface area contributed by atoms with Crippen molar-refractivity contribution in [2.45, 2.75) is 26.4 Å². The lowest BCUT2D eigenvalue weighted by Crippen LogP contribution is -2.03. The summed E-state index contributed by atoms with van der Waals surface area (Å²) in [5.41, 5.74) is 2.61. The fourth-order valence-corrected chi connectivity index (χ4v) is 3.41. The highest BCUT2D eigenvalue weighted by Crippen LogP contribution is 2.18. The quantitative estimate of drug-likeness (QED) is 0.530. The lowest BCUT2D eigenvalue weighted by atomic mass is 10.1. The van der Waals surface area contributed by atoms with Crippen LogP contribution in [0.3, 0.4) is 0 Å². The molecule has 2 aromatic carbocycles. The average molecular weight is 350 g/mol. The SMILES string of the molecule is Cc1ccc(CCc2nn3c(COc4ccccc4)nnc3s2)cc1. The van der Waals surface area contributed by atoms with Crippen molar-refractivity contribution in [1.82, 2.24) is 19.8 Å². The molecule has 0 fully saturated rings. The maximum Gasteiger partial charge on any atom is 0.234 e. The molecule has 2 heterocycles. The van der Waals surface area contributed by atoms with E-state index in [0.717, 1.165) is 34.4 Å². The van der Waals surface area contributed by atoms with Crippen LogP contribution in [-0.4, -0.2) is 19.8 Å². The fourth-order valence-electron chi connectivity index (χ4n) is 2.56. The third-order valence-electron chi connectivity index (χ3n) is 3.96. The third-order valence-corrected chi connectivity index (χ3v) is 4.92. The van der Waals surface area contributed by atoms with E-state index in [-0.39, 0.29) is 0 Å². The fraction of sp³-hybridized carbons (Fsp3) is 0.211. The zero-order chi connectivity index (χ0) is 17.1.